The summed E-state index contributed by atoms with van der Waals surface area (Å²) in [6, 6.07) is 14.5. The molecule has 0 saturated carbocycles. The average molecular weight is 439 g/mol. The van der Waals surface area contributed by atoms with E-state index >= 15 is 0 Å². The predicted molar refractivity (Wildman–Crippen MR) is 118 cm³/mol. The van der Waals surface area contributed by atoms with Crippen molar-refractivity contribution < 1.29 is 13.9 Å². The van der Waals surface area contributed by atoms with Crippen molar-refractivity contribution in [1.29, 1.82) is 0 Å². The van der Waals surface area contributed by atoms with Crippen LogP contribution in [0.15, 0.2) is 62.9 Å². The Balaban J connectivity index is 1.60. The number of benzene rings is 2. The first-order valence-electron chi connectivity index (χ1n) is 9.70. The number of nitrogens with zero attached hydrogens (tertiary/aromatic N) is 4. The van der Waals surface area contributed by atoms with Gasteiger partial charge in [-0.25, -0.2) is 4.98 Å². The maximum atomic E-state index is 13.1. The summed E-state index contributed by atoms with van der Waals surface area (Å²) in [5.41, 5.74) is 1.36. The SMILES string of the molecule is COCC(C)n1c(SCc2nnc(-c3ccc(OC)cc3)o2)nc2ccccc2c1=O. The Morgan fingerprint density at radius 2 is 1.87 bits per heavy atom. The molecule has 0 spiro atoms. The molecule has 8 nitrogen and oxygen atoms in total. The third-order valence-corrected chi connectivity index (χ3v) is 5.69. The number of fused-ring (bicyclic) bond motifs is 1. The molecule has 4 rings (SSSR count). The van der Waals surface area contributed by atoms with E-state index in [1.165, 1.54) is 11.8 Å². The van der Waals surface area contributed by atoms with Crippen LogP contribution in [-0.4, -0.2) is 40.6 Å². The molecule has 31 heavy (non-hydrogen) atoms. The molecule has 1 atom stereocenters. The van der Waals surface area contributed by atoms with Crippen LogP contribution in [0.5, 0.6) is 5.75 Å². The van der Waals surface area contributed by atoms with E-state index in [4.69, 9.17) is 18.9 Å². The molecule has 0 amide bonds. The zero-order chi connectivity index (χ0) is 21.8. The minimum atomic E-state index is -0.172. The maximum absolute atomic E-state index is 13.1. The number of ether oxygens (including phenoxy) is 2. The first-order chi connectivity index (χ1) is 15.1. The lowest BCUT2D eigenvalue weighted by atomic mass is 10.2. The van der Waals surface area contributed by atoms with Crippen LogP contribution in [-0.2, 0) is 10.5 Å². The summed E-state index contributed by atoms with van der Waals surface area (Å²) in [6.45, 7) is 2.33. The highest BCUT2D eigenvalue weighted by molar-refractivity contribution is 7.98. The third-order valence-electron chi connectivity index (χ3n) is 4.75. The van der Waals surface area contributed by atoms with E-state index in [9.17, 15) is 4.79 Å². The predicted octanol–water partition coefficient (Wildman–Crippen LogP) is 3.95. The van der Waals surface area contributed by atoms with Gasteiger partial charge in [-0.1, -0.05) is 23.9 Å². The summed E-state index contributed by atoms with van der Waals surface area (Å²) in [7, 11) is 3.23. The van der Waals surface area contributed by atoms with Crippen molar-refractivity contribution in [3.8, 4) is 17.2 Å². The Hall–Kier alpha value is -3.17. The Bertz CT molecular complexity index is 1240. The van der Waals surface area contributed by atoms with Crippen LogP contribution in [0.1, 0.15) is 18.9 Å². The lowest BCUT2D eigenvalue weighted by Gasteiger charge is -2.18. The van der Waals surface area contributed by atoms with Gasteiger partial charge in [0, 0.05) is 12.7 Å². The van der Waals surface area contributed by atoms with Gasteiger partial charge in [-0.2, -0.15) is 0 Å². The molecule has 0 aliphatic heterocycles. The van der Waals surface area contributed by atoms with Crippen LogP contribution in [0.2, 0.25) is 0 Å². The number of thioether (sulfide) groups is 1. The van der Waals surface area contributed by atoms with Crippen LogP contribution in [0.3, 0.4) is 0 Å². The minimum Gasteiger partial charge on any atom is -0.497 e. The number of methoxy groups -OCH3 is 2. The van der Waals surface area contributed by atoms with Gasteiger partial charge in [0.25, 0.3) is 5.56 Å². The van der Waals surface area contributed by atoms with E-state index in [2.05, 4.69) is 10.2 Å². The molecule has 2 aromatic carbocycles. The number of rotatable bonds is 8. The zero-order valence-corrected chi connectivity index (χ0v) is 18.3. The van der Waals surface area contributed by atoms with E-state index in [0.29, 0.717) is 40.2 Å². The van der Waals surface area contributed by atoms with E-state index in [0.717, 1.165) is 11.3 Å². The van der Waals surface area contributed by atoms with Crippen molar-refractivity contribution in [1.82, 2.24) is 19.7 Å². The molecule has 0 radical (unpaired) electrons. The van der Waals surface area contributed by atoms with Crippen LogP contribution in [0.4, 0.5) is 0 Å². The molecule has 4 aromatic rings. The van der Waals surface area contributed by atoms with Crippen LogP contribution >= 0.6 is 11.8 Å². The molecule has 0 aliphatic rings. The first kappa shape index (κ1) is 21.1. The largest absolute Gasteiger partial charge is 0.497 e. The molecule has 0 saturated heterocycles. The van der Waals surface area contributed by atoms with E-state index < -0.39 is 0 Å². The Labute approximate surface area is 183 Å². The van der Waals surface area contributed by atoms with Gasteiger partial charge in [0.05, 0.1) is 36.4 Å². The Kier molecular flexibility index (Phi) is 6.34. The zero-order valence-electron chi connectivity index (χ0n) is 17.4. The highest BCUT2D eigenvalue weighted by Crippen LogP contribution is 2.26. The summed E-state index contributed by atoms with van der Waals surface area (Å²) in [5.74, 6) is 2.01. The van der Waals surface area contributed by atoms with Gasteiger partial charge in [0.2, 0.25) is 11.8 Å². The Morgan fingerprint density at radius 1 is 1.10 bits per heavy atom. The maximum Gasteiger partial charge on any atom is 0.262 e. The highest BCUT2D eigenvalue weighted by Gasteiger charge is 2.18. The van der Waals surface area contributed by atoms with E-state index in [-0.39, 0.29) is 11.6 Å². The molecule has 0 N–H and O–H groups in total. The quantitative estimate of drug-likeness (QED) is 0.302. The lowest BCUT2D eigenvalue weighted by Crippen LogP contribution is -2.28. The normalized spacial score (nSPS) is 12.2. The fourth-order valence-electron chi connectivity index (χ4n) is 3.22. The van der Waals surface area contributed by atoms with Gasteiger partial charge in [-0.15, -0.1) is 10.2 Å². The van der Waals surface area contributed by atoms with Gasteiger partial charge in [-0.3, -0.25) is 9.36 Å². The summed E-state index contributed by atoms with van der Waals surface area (Å²) >= 11 is 1.38. The van der Waals surface area contributed by atoms with Gasteiger partial charge >= 0.3 is 0 Å². The summed E-state index contributed by atoms with van der Waals surface area (Å²) in [5, 5.41) is 9.43. The fraction of sp³-hybridized carbons (Fsp3) is 0.273. The Morgan fingerprint density at radius 3 is 2.61 bits per heavy atom. The van der Waals surface area contributed by atoms with Crippen molar-refractivity contribution in [2.45, 2.75) is 23.9 Å². The van der Waals surface area contributed by atoms with Crippen molar-refractivity contribution in [3.05, 3.63) is 64.8 Å². The smallest absolute Gasteiger partial charge is 0.262 e. The van der Waals surface area contributed by atoms with E-state index in [1.54, 1.807) is 24.9 Å². The second-order valence-corrected chi connectivity index (χ2v) is 7.85. The number of hydrogen-bond acceptors (Lipinski definition) is 8. The fourth-order valence-corrected chi connectivity index (χ4v) is 4.15. The number of para-hydroxylation sites is 1. The van der Waals surface area contributed by atoms with Crippen LogP contribution < -0.4 is 10.3 Å². The molecule has 160 valence electrons. The van der Waals surface area contributed by atoms with Gasteiger partial charge in [0.1, 0.15) is 5.75 Å². The van der Waals surface area contributed by atoms with Crippen LogP contribution in [0.25, 0.3) is 22.4 Å². The van der Waals surface area contributed by atoms with Crippen molar-refractivity contribution >= 4 is 22.7 Å². The molecule has 0 fully saturated rings. The molecule has 9 heteroatoms. The van der Waals surface area contributed by atoms with Crippen LogP contribution in [0, 0.1) is 0 Å². The van der Waals surface area contributed by atoms with Crippen molar-refractivity contribution in [2.24, 2.45) is 0 Å². The summed E-state index contributed by atoms with van der Waals surface area (Å²) < 4.78 is 17.9. The van der Waals surface area contributed by atoms with Crippen molar-refractivity contribution in [2.75, 3.05) is 20.8 Å². The third kappa shape index (κ3) is 4.47. The monoisotopic (exact) mass is 438 g/mol. The topological polar surface area (TPSA) is 92.3 Å². The summed E-state index contributed by atoms with van der Waals surface area (Å²) in [4.78, 5) is 17.8. The first-order valence-corrected chi connectivity index (χ1v) is 10.7. The average Bonchev–Trinajstić information content (AvgIpc) is 3.27. The lowest BCUT2D eigenvalue weighted by molar-refractivity contribution is 0.156. The second kappa shape index (κ2) is 9.32. The molecular formula is C22H22N4O4S. The molecule has 2 heterocycles. The summed E-state index contributed by atoms with van der Waals surface area (Å²) in [6.07, 6.45) is 0. The molecular weight excluding hydrogens is 416 g/mol. The number of aromatic nitrogens is 4. The molecule has 2 aromatic heterocycles. The molecule has 0 bridgehead atoms. The van der Waals surface area contributed by atoms with E-state index in [1.807, 2.05) is 49.4 Å². The van der Waals surface area contributed by atoms with Gasteiger partial charge in [-0.05, 0) is 43.3 Å². The van der Waals surface area contributed by atoms with Crippen molar-refractivity contribution in [3.63, 3.8) is 0 Å². The molecule has 0 aliphatic carbocycles. The standard InChI is InChI=1S/C22H22N4O4S/c1-14(12-28-2)26-21(27)17-6-4-5-7-18(17)23-22(26)31-13-19-24-25-20(30-19)15-8-10-16(29-3)11-9-15/h4-11,14H,12-13H2,1-3H3. The highest BCUT2D eigenvalue weighted by atomic mass is 32.2. The molecule has 1 unspecified atom stereocenters. The minimum absolute atomic E-state index is 0.0953. The van der Waals surface area contributed by atoms with Gasteiger partial charge < -0.3 is 13.9 Å². The number of hydrogen-bond donors (Lipinski definition) is 0. The second-order valence-electron chi connectivity index (χ2n) is 6.91. The van der Waals surface area contributed by atoms with Gasteiger partial charge in [0.15, 0.2) is 5.16 Å².